The molecule has 2 amide bonds. The molecule has 0 radical (unpaired) electrons. The van der Waals surface area contributed by atoms with Gasteiger partial charge in [0.05, 0.1) is 6.04 Å². The van der Waals surface area contributed by atoms with Gasteiger partial charge in [-0.15, -0.1) is 11.3 Å². The first-order chi connectivity index (χ1) is 9.08. The van der Waals surface area contributed by atoms with Crippen molar-refractivity contribution in [3.05, 3.63) is 46.4 Å². The van der Waals surface area contributed by atoms with Crippen LogP contribution in [0.1, 0.15) is 22.7 Å². The number of amides is 2. The fourth-order valence-corrected chi connectivity index (χ4v) is 2.66. The minimum Gasteiger partial charge on any atom is -0.320 e. The quantitative estimate of drug-likeness (QED) is 0.928. The van der Waals surface area contributed by atoms with Crippen LogP contribution in [0.2, 0.25) is 0 Å². The molecule has 2 aromatic rings. The van der Waals surface area contributed by atoms with E-state index >= 15 is 0 Å². The van der Waals surface area contributed by atoms with Gasteiger partial charge in [-0.05, 0) is 38.1 Å². The second-order valence-electron chi connectivity index (χ2n) is 4.40. The molecular weight excluding hydrogens is 258 g/mol. The number of carbonyl (C=O) groups is 1. The van der Waals surface area contributed by atoms with Crippen LogP contribution in [0.4, 0.5) is 10.5 Å². The molecule has 0 saturated carbocycles. The molecule has 0 fully saturated rings. The van der Waals surface area contributed by atoms with E-state index in [4.69, 9.17) is 0 Å². The fourth-order valence-electron chi connectivity index (χ4n) is 1.69. The van der Waals surface area contributed by atoms with E-state index in [1.807, 2.05) is 6.92 Å². The highest BCUT2D eigenvalue weighted by Crippen LogP contribution is 2.26. The van der Waals surface area contributed by atoms with Crippen molar-refractivity contribution in [2.75, 3.05) is 12.4 Å². The molecule has 4 nitrogen and oxygen atoms in total. The average Bonchev–Trinajstić information content (AvgIpc) is 2.85. The van der Waals surface area contributed by atoms with Gasteiger partial charge < -0.3 is 10.2 Å². The Morgan fingerprint density at radius 1 is 1.32 bits per heavy atom. The van der Waals surface area contributed by atoms with Crippen LogP contribution < -0.4 is 5.32 Å². The number of urea groups is 1. The molecule has 1 atom stereocenters. The highest BCUT2D eigenvalue weighted by molar-refractivity contribution is 7.12. The van der Waals surface area contributed by atoms with E-state index in [-0.39, 0.29) is 12.1 Å². The standard InChI is InChI=1S/C14H17N3OS/c1-10-4-5-13(19-10)11(2)17(3)14(18)16-12-6-8-15-9-7-12/h4-9,11H,1-3H3,(H,15,16,18). The van der Waals surface area contributed by atoms with Gasteiger partial charge in [0.1, 0.15) is 0 Å². The van der Waals surface area contributed by atoms with Crippen LogP contribution in [0.25, 0.3) is 0 Å². The molecule has 0 spiro atoms. The molecule has 2 aromatic heterocycles. The van der Waals surface area contributed by atoms with Gasteiger partial charge in [-0.1, -0.05) is 0 Å². The molecule has 0 aliphatic heterocycles. The summed E-state index contributed by atoms with van der Waals surface area (Å²) in [5.41, 5.74) is 0.751. The normalized spacial score (nSPS) is 11.9. The largest absolute Gasteiger partial charge is 0.322 e. The van der Waals surface area contributed by atoms with Gasteiger partial charge in [0.2, 0.25) is 0 Å². The van der Waals surface area contributed by atoms with Crippen molar-refractivity contribution in [1.29, 1.82) is 0 Å². The lowest BCUT2D eigenvalue weighted by Crippen LogP contribution is -2.33. The van der Waals surface area contributed by atoms with Crippen LogP contribution in [0, 0.1) is 6.92 Å². The Hall–Kier alpha value is -1.88. The van der Waals surface area contributed by atoms with Crippen molar-refractivity contribution in [3.63, 3.8) is 0 Å². The predicted octanol–water partition coefficient (Wildman–Crippen LogP) is 3.68. The van der Waals surface area contributed by atoms with Crippen LogP contribution in [0.15, 0.2) is 36.7 Å². The lowest BCUT2D eigenvalue weighted by atomic mass is 10.2. The van der Waals surface area contributed by atoms with Crippen LogP contribution in [0.3, 0.4) is 0 Å². The predicted molar refractivity (Wildman–Crippen MR) is 78.5 cm³/mol. The van der Waals surface area contributed by atoms with Crippen LogP contribution in [-0.4, -0.2) is 23.0 Å². The van der Waals surface area contributed by atoms with E-state index in [0.717, 1.165) is 5.69 Å². The molecule has 2 heterocycles. The van der Waals surface area contributed by atoms with Crippen LogP contribution in [-0.2, 0) is 0 Å². The zero-order chi connectivity index (χ0) is 13.8. The first-order valence-electron chi connectivity index (χ1n) is 6.08. The van der Waals surface area contributed by atoms with Crippen LogP contribution in [0.5, 0.6) is 0 Å². The number of rotatable bonds is 3. The number of aromatic nitrogens is 1. The molecule has 0 bridgehead atoms. The number of carbonyl (C=O) groups excluding carboxylic acids is 1. The summed E-state index contributed by atoms with van der Waals surface area (Å²) >= 11 is 1.72. The topological polar surface area (TPSA) is 45.2 Å². The number of hydrogen-bond acceptors (Lipinski definition) is 3. The van der Waals surface area contributed by atoms with Crippen molar-refractivity contribution >= 4 is 23.1 Å². The van der Waals surface area contributed by atoms with Crippen molar-refractivity contribution in [3.8, 4) is 0 Å². The molecule has 2 rings (SSSR count). The molecule has 0 saturated heterocycles. The van der Waals surface area contributed by atoms with Gasteiger partial charge >= 0.3 is 6.03 Å². The first-order valence-corrected chi connectivity index (χ1v) is 6.90. The van der Waals surface area contributed by atoms with Crippen molar-refractivity contribution in [2.24, 2.45) is 0 Å². The Morgan fingerprint density at radius 2 is 2.00 bits per heavy atom. The summed E-state index contributed by atoms with van der Waals surface area (Å²) in [7, 11) is 1.80. The van der Waals surface area contributed by atoms with Crippen molar-refractivity contribution < 1.29 is 4.79 Å². The lowest BCUT2D eigenvalue weighted by Gasteiger charge is -2.24. The number of hydrogen-bond donors (Lipinski definition) is 1. The zero-order valence-electron chi connectivity index (χ0n) is 11.3. The van der Waals surface area contributed by atoms with E-state index in [0.29, 0.717) is 0 Å². The van der Waals surface area contributed by atoms with Gasteiger partial charge in [-0.3, -0.25) is 4.98 Å². The second-order valence-corrected chi connectivity index (χ2v) is 5.72. The zero-order valence-corrected chi connectivity index (χ0v) is 12.1. The summed E-state index contributed by atoms with van der Waals surface area (Å²) in [5, 5.41) is 2.85. The van der Waals surface area contributed by atoms with E-state index in [9.17, 15) is 4.79 Å². The molecule has 100 valence electrons. The van der Waals surface area contributed by atoms with Gasteiger partial charge in [0, 0.05) is 34.9 Å². The lowest BCUT2D eigenvalue weighted by molar-refractivity contribution is 0.209. The molecular formula is C14H17N3OS. The van der Waals surface area contributed by atoms with Gasteiger partial charge in [0.25, 0.3) is 0 Å². The smallest absolute Gasteiger partial charge is 0.320 e. The van der Waals surface area contributed by atoms with Crippen LogP contribution >= 0.6 is 11.3 Å². The molecule has 1 unspecified atom stereocenters. The average molecular weight is 275 g/mol. The van der Waals surface area contributed by atoms with E-state index < -0.39 is 0 Å². The number of thiophene rings is 1. The molecule has 1 N–H and O–H groups in total. The Morgan fingerprint density at radius 3 is 2.58 bits per heavy atom. The maximum atomic E-state index is 12.1. The van der Waals surface area contributed by atoms with E-state index in [1.54, 1.807) is 47.8 Å². The number of anilines is 1. The molecule has 0 aromatic carbocycles. The summed E-state index contributed by atoms with van der Waals surface area (Å²) in [6.45, 7) is 4.09. The SMILES string of the molecule is Cc1ccc(C(C)N(C)C(=O)Nc2ccncc2)s1. The molecule has 19 heavy (non-hydrogen) atoms. The number of nitrogens with zero attached hydrogens (tertiary/aromatic N) is 2. The Balaban J connectivity index is 2.03. The summed E-state index contributed by atoms with van der Waals surface area (Å²) < 4.78 is 0. The highest BCUT2D eigenvalue weighted by atomic mass is 32.1. The van der Waals surface area contributed by atoms with Gasteiger partial charge in [0.15, 0.2) is 0 Å². The fraction of sp³-hybridized carbons (Fsp3) is 0.286. The molecule has 0 aliphatic carbocycles. The second kappa shape index (κ2) is 5.84. The number of nitrogens with one attached hydrogen (secondary N) is 1. The Labute approximate surface area is 117 Å². The first kappa shape index (κ1) is 13.5. The summed E-state index contributed by atoms with van der Waals surface area (Å²) in [5.74, 6) is 0. The monoisotopic (exact) mass is 275 g/mol. The highest BCUT2D eigenvalue weighted by Gasteiger charge is 2.18. The third-order valence-electron chi connectivity index (χ3n) is 3.01. The van der Waals surface area contributed by atoms with Crippen molar-refractivity contribution in [1.82, 2.24) is 9.88 Å². The maximum absolute atomic E-state index is 12.1. The maximum Gasteiger partial charge on any atom is 0.322 e. The number of pyridine rings is 1. The summed E-state index contributed by atoms with van der Waals surface area (Å²) in [6, 6.07) is 7.62. The Kier molecular flexibility index (Phi) is 4.16. The molecule has 0 aliphatic rings. The third-order valence-corrected chi connectivity index (χ3v) is 4.18. The third kappa shape index (κ3) is 3.32. The number of aryl methyl sites for hydroxylation is 1. The van der Waals surface area contributed by atoms with Gasteiger partial charge in [-0.2, -0.15) is 0 Å². The van der Waals surface area contributed by atoms with E-state index in [1.165, 1.54) is 9.75 Å². The minimum absolute atomic E-state index is 0.0561. The molecule has 5 heteroatoms. The summed E-state index contributed by atoms with van der Waals surface area (Å²) in [6.07, 6.45) is 3.31. The van der Waals surface area contributed by atoms with E-state index in [2.05, 4.69) is 29.4 Å². The van der Waals surface area contributed by atoms with Crippen molar-refractivity contribution in [2.45, 2.75) is 19.9 Å². The van der Waals surface area contributed by atoms with Gasteiger partial charge in [-0.25, -0.2) is 4.79 Å². The Bertz CT molecular complexity index is 553. The summed E-state index contributed by atoms with van der Waals surface area (Å²) in [4.78, 5) is 20.2. The minimum atomic E-state index is -0.121.